The Hall–Kier alpha value is -1.09. The number of hydrogen-bond acceptors (Lipinski definition) is 1. The van der Waals surface area contributed by atoms with Crippen molar-refractivity contribution in [3.63, 3.8) is 0 Å². The van der Waals surface area contributed by atoms with Crippen LogP contribution in [0.25, 0.3) is 0 Å². The van der Waals surface area contributed by atoms with Crippen LogP contribution in [-0.4, -0.2) is 6.04 Å². The van der Waals surface area contributed by atoms with Crippen LogP contribution in [0.2, 0.25) is 10.0 Å². The largest absolute Gasteiger partial charge is 0.327 e. The molecule has 0 aliphatic rings. The minimum atomic E-state index is -0.295. The molecule has 0 saturated heterocycles. The molecule has 1 unspecified atom stereocenters. The van der Waals surface area contributed by atoms with Crippen LogP contribution in [0.1, 0.15) is 25.0 Å². The number of benzene rings is 2. The number of rotatable bonds is 4. The Morgan fingerprint density at radius 1 is 1.10 bits per heavy atom. The Balaban J connectivity index is 2.21. The standard InChI is InChI=1S/C17H18Cl2FN/c1-17(2,12-4-7-14(20)8-5-12)16(21)9-11-3-6-13(18)10-15(11)19/h3-8,10,16H,9,21H2,1-2H3. The first-order valence-corrected chi connectivity index (χ1v) is 7.52. The molecule has 2 aromatic carbocycles. The number of hydrogen-bond donors (Lipinski definition) is 1. The Bertz CT molecular complexity index is 623. The maximum atomic E-state index is 13.1. The third-order valence-corrected chi connectivity index (χ3v) is 4.56. The molecule has 2 rings (SSSR count). The molecule has 1 atom stereocenters. The Morgan fingerprint density at radius 3 is 2.29 bits per heavy atom. The van der Waals surface area contributed by atoms with Gasteiger partial charge in [0.25, 0.3) is 0 Å². The summed E-state index contributed by atoms with van der Waals surface area (Å²) in [5.41, 5.74) is 8.04. The van der Waals surface area contributed by atoms with Crippen LogP contribution >= 0.6 is 23.2 Å². The number of nitrogens with two attached hydrogens (primary N) is 1. The molecule has 0 bridgehead atoms. The molecular formula is C17H18Cl2FN. The second-order valence-electron chi connectivity index (χ2n) is 5.77. The summed E-state index contributed by atoms with van der Waals surface area (Å²) in [7, 11) is 0. The molecule has 0 fully saturated rings. The lowest BCUT2D eigenvalue weighted by molar-refractivity contribution is 0.406. The maximum absolute atomic E-state index is 13.1. The lowest BCUT2D eigenvalue weighted by Crippen LogP contribution is -2.42. The predicted molar refractivity (Wildman–Crippen MR) is 87.6 cm³/mol. The summed E-state index contributed by atoms with van der Waals surface area (Å²) in [4.78, 5) is 0. The molecule has 0 spiro atoms. The van der Waals surface area contributed by atoms with Crippen molar-refractivity contribution in [1.82, 2.24) is 0 Å². The summed E-state index contributed by atoms with van der Waals surface area (Å²) in [6.45, 7) is 4.10. The van der Waals surface area contributed by atoms with Gasteiger partial charge in [-0.15, -0.1) is 0 Å². The molecule has 0 amide bonds. The third kappa shape index (κ3) is 3.76. The van der Waals surface area contributed by atoms with Gasteiger partial charge in [-0.3, -0.25) is 0 Å². The van der Waals surface area contributed by atoms with Gasteiger partial charge in [0.2, 0.25) is 0 Å². The molecule has 0 aliphatic heterocycles. The van der Waals surface area contributed by atoms with Crippen molar-refractivity contribution in [3.8, 4) is 0 Å². The molecule has 0 radical (unpaired) electrons. The zero-order valence-electron chi connectivity index (χ0n) is 12.0. The minimum Gasteiger partial charge on any atom is -0.327 e. The molecule has 112 valence electrons. The Morgan fingerprint density at radius 2 is 1.71 bits per heavy atom. The van der Waals surface area contributed by atoms with Crippen LogP contribution in [0.3, 0.4) is 0 Å². The molecule has 0 aliphatic carbocycles. The highest BCUT2D eigenvalue weighted by atomic mass is 35.5. The Labute approximate surface area is 134 Å². The summed E-state index contributed by atoms with van der Waals surface area (Å²) in [5.74, 6) is -0.246. The lowest BCUT2D eigenvalue weighted by atomic mass is 9.76. The second-order valence-corrected chi connectivity index (χ2v) is 6.62. The van der Waals surface area contributed by atoms with Crippen LogP contribution in [0.4, 0.5) is 4.39 Å². The normalized spacial score (nSPS) is 13.2. The maximum Gasteiger partial charge on any atom is 0.123 e. The van der Waals surface area contributed by atoms with Crippen molar-refractivity contribution >= 4 is 23.2 Å². The fourth-order valence-electron chi connectivity index (χ4n) is 2.27. The third-order valence-electron chi connectivity index (χ3n) is 3.97. The predicted octanol–water partition coefficient (Wildman–Crippen LogP) is 4.98. The van der Waals surface area contributed by atoms with Gasteiger partial charge in [-0.25, -0.2) is 4.39 Å². The van der Waals surface area contributed by atoms with Gasteiger partial charge >= 0.3 is 0 Å². The average Bonchev–Trinajstić information content (AvgIpc) is 2.42. The van der Waals surface area contributed by atoms with E-state index in [4.69, 9.17) is 28.9 Å². The van der Waals surface area contributed by atoms with Crippen LogP contribution in [0, 0.1) is 5.82 Å². The van der Waals surface area contributed by atoms with Crippen LogP contribution in [-0.2, 0) is 11.8 Å². The van der Waals surface area contributed by atoms with E-state index in [1.54, 1.807) is 24.3 Å². The van der Waals surface area contributed by atoms with E-state index in [0.29, 0.717) is 16.5 Å². The zero-order valence-corrected chi connectivity index (χ0v) is 13.5. The van der Waals surface area contributed by atoms with Crippen molar-refractivity contribution < 1.29 is 4.39 Å². The molecule has 4 heteroatoms. The van der Waals surface area contributed by atoms with E-state index in [1.807, 2.05) is 6.07 Å². The van der Waals surface area contributed by atoms with Gasteiger partial charge in [-0.1, -0.05) is 55.2 Å². The summed E-state index contributed by atoms with van der Waals surface area (Å²) < 4.78 is 13.1. The molecule has 1 nitrogen and oxygen atoms in total. The van der Waals surface area contributed by atoms with Gasteiger partial charge in [0, 0.05) is 21.5 Å². The minimum absolute atomic E-state index is 0.151. The second kappa shape index (κ2) is 6.35. The monoisotopic (exact) mass is 325 g/mol. The molecule has 2 aromatic rings. The highest BCUT2D eigenvalue weighted by Crippen LogP contribution is 2.30. The molecule has 0 heterocycles. The van der Waals surface area contributed by atoms with E-state index in [1.165, 1.54) is 12.1 Å². The quantitative estimate of drug-likeness (QED) is 0.842. The van der Waals surface area contributed by atoms with E-state index in [9.17, 15) is 4.39 Å². The first-order valence-electron chi connectivity index (χ1n) is 6.76. The molecule has 0 saturated carbocycles. The molecular weight excluding hydrogens is 308 g/mol. The van der Waals surface area contributed by atoms with E-state index < -0.39 is 0 Å². The fourth-order valence-corrected chi connectivity index (χ4v) is 2.76. The van der Waals surface area contributed by atoms with Crippen molar-refractivity contribution in [3.05, 3.63) is 69.5 Å². The van der Waals surface area contributed by atoms with E-state index in [0.717, 1.165) is 11.1 Å². The first kappa shape index (κ1) is 16.3. The summed E-state index contributed by atoms with van der Waals surface area (Å²) in [6, 6.07) is 11.7. The van der Waals surface area contributed by atoms with Gasteiger partial charge in [0.1, 0.15) is 5.82 Å². The first-order chi connectivity index (χ1) is 9.80. The molecule has 0 aromatic heterocycles. The highest BCUT2D eigenvalue weighted by Gasteiger charge is 2.29. The number of halogens is 3. The van der Waals surface area contributed by atoms with Crippen molar-refractivity contribution in [1.29, 1.82) is 0 Å². The van der Waals surface area contributed by atoms with Gasteiger partial charge < -0.3 is 5.73 Å². The van der Waals surface area contributed by atoms with Gasteiger partial charge in [-0.05, 0) is 41.8 Å². The smallest absolute Gasteiger partial charge is 0.123 e. The van der Waals surface area contributed by atoms with E-state index in [2.05, 4.69) is 13.8 Å². The topological polar surface area (TPSA) is 26.0 Å². The fraction of sp³-hybridized carbons (Fsp3) is 0.294. The van der Waals surface area contributed by atoms with Crippen LogP contribution in [0.5, 0.6) is 0 Å². The summed E-state index contributed by atoms with van der Waals surface area (Å²) in [5, 5.41) is 1.22. The average molecular weight is 326 g/mol. The van der Waals surface area contributed by atoms with Crippen LogP contribution in [0.15, 0.2) is 42.5 Å². The molecule has 2 N–H and O–H groups in total. The van der Waals surface area contributed by atoms with Crippen LogP contribution < -0.4 is 5.73 Å². The van der Waals surface area contributed by atoms with Gasteiger partial charge in [-0.2, -0.15) is 0 Å². The molecule has 21 heavy (non-hydrogen) atoms. The summed E-state index contributed by atoms with van der Waals surface area (Å²) in [6.07, 6.45) is 0.625. The highest BCUT2D eigenvalue weighted by molar-refractivity contribution is 6.35. The van der Waals surface area contributed by atoms with Crippen molar-refractivity contribution in [2.24, 2.45) is 5.73 Å². The lowest BCUT2D eigenvalue weighted by Gasteiger charge is -2.32. The van der Waals surface area contributed by atoms with Gasteiger partial charge in [0.05, 0.1) is 0 Å². The van der Waals surface area contributed by atoms with Crippen molar-refractivity contribution in [2.45, 2.75) is 31.7 Å². The SMILES string of the molecule is CC(C)(c1ccc(F)cc1)C(N)Cc1ccc(Cl)cc1Cl. The summed E-state index contributed by atoms with van der Waals surface area (Å²) >= 11 is 12.1. The van der Waals surface area contributed by atoms with Crippen molar-refractivity contribution in [2.75, 3.05) is 0 Å². The van der Waals surface area contributed by atoms with E-state index >= 15 is 0 Å². The van der Waals surface area contributed by atoms with E-state index in [-0.39, 0.29) is 17.3 Å². The Kier molecular flexibility index (Phi) is 4.92. The van der Waals surface area contributed by atoms with Gasteiger partial charge in [0.15, 0.2) is 0 Å². The zero-order chi connectivity index (χ0) is 15.6.